The molecule has 0 amide bonds. The second-order valence-electron chi connectivity index (χ2n) is 3.72. The van der Waals surface area contributed by atoms with Gasteiger partial charge in [0, 0.05) is 12.3 Å². The summed E-state index contributed by atoms with van der Waals surface area (Å²) in [5.41, 5.74) is -0.724. The number of sulfonamides is 1. The number of hydrogen-bond acceptors (Lipinski definition) is 7. The maximum atomic E-state index is 12.1. The summed E-state index contributed by atoms with van der Waals surface area (Å²) in [5.74, 6) is -0.727. The highest BCUT2D eigenvalue weighted by Crippen LogP contribution is 2.28. The van der Waals surface area contributed by atoms with Gasteiger partial charge in [-0.25, -0.2) is 13.4 Å². The Balaban J connectivity index is 2.40. The van der Waals surface area contributed by atoms with Gasteiger partial charge in [-0.15, -0.1) is 0 Å². The topological polar surface area (TPSA) is 135 Å². The smallest absolute Gasteiger partial charge is 0.312 e. The van der Waals surface area contributed by atoms with E-state index >= 15 is 0 Å². The van der Waals surface area contributed by atoms with Gasteiger partial charge in [0.1, 0.15) is 5.82 Å². The first-order chi connectivity index (χ1) is 9.79. The number of nitrogens with one attached hydrogen (secondary N) is 1. The molecule has 11 heteroatoms. The summed E-state index contributed by atoms with van der Waals surface area (Å²) < 4.78 is 26.3. The van der Waals surface area contributed by atoms with Crippen molar-refractivity contribution in [2.24, 2.45) is 0 Å². The van der Waals surface area contributed by atoms with Crippen molar-refractivity contribution in [3.8, 4) is 5.75 Å². The number of halogens is 1. The summed E-state index contributed by atoms with van der Waals surface area (Å²) in [6.07, 6.45) is 1.24. The van der Waals surface area contributed by atoms with Crippen LogP contribution in [0.1, 0.15) is 0 Å². The molecule has 0 radical (unpaired) electrons. The number of nitro benzene ring substituents is 1. The third-order valence-corrected chi connectivity index (χ3v) is 3.85. The largest absolute Gasteiger partial charge is 0.502 e. The van der Waals surface area contributed by atoms with Gasteiger partial charge in [-0.2, -0.15) is 4.98 Å². The summed E-state index contributed by atoms with van der Waals surface area (Å²) in [4.78, 5) is 16.6. The number of phenols is 1. The maximum absolute atomic E-state index is 12.1. The van der Waals surface area contributed by atoms with Crippen LogP contribution in [-0.2, 0) is 10.0 Å². The number of rotatable bonds is 4. The molecule has 0 fully saturated rings. The third kappa shape index (κ3) is 3.35. The Kier molecular flexibility index (Phi) is 3.91. The van der Waals surface area contributed by atoms with E-state index in [0.29, 0.717) is 0 Å². The first kappa shape index (κ1) is 14.9. The summed E-state index contributed by atoms with van der Waals surface area (Å²) in [6, 6.07) is 3.94. The van der Waals surface area contributed by atoms with E-state index in [2.05, 4.69) is 14.7 Å². The van der Waals surface area contributed by atoms with Crippen LogP contribution >= 0.6 is 11.6 Å². The van der Waals surface area contributed by atoms with Crippen molar-refractivity contribution in [3.05, 3.63) is 45.9 Å². The lowest BCUT2D eigenvalue weighted by Crippen LogP contribution is -2.14. The second kappa shape index (κ2) is 5.50. The molecule has 2 aromatic rings. The van der Waals surface area contributed by atoms with Crippen LogP contribution in [0.3, 0.4) is 0 Å². The highest BCUT2D eigenvalue weighted by Gasteiger charge is 2.21. The SMILES string of the molecule is O=[N+]([O-])c1cc(S(=O)(=O)Nc2ccnc(Cl)n2)ccc1O. The highest BCUT2D eigenvalue weighted by molar-refractivity contribution is 7.92. The molecule has 9 nitrogen and oxygen atoms in total. The van der Waals surface area contributed by atoms with Gasteiger partial charge >= 0.3 is 5.69 Å². The fraction of sp³-hybridized carbons (Fsp3) is 0. The third-order valence-electron chi connectivity index (χ3n) is 2.32. The maximum Gasteiger partial charge on any atom is 0.312 e. The van der Waals surface area contributed by atoms with Gasteiger partial charge in [0.05, 0.1) is 9.82 Å². The van der Waals surface area contributed by atoms with E-state index in [-0.39, 0.29) is 11.1 Å². The Hall–Kier alpha value is -2.46. The fourth-order valence-electron chi connectivity index (χ4n) is 1.40. The molecule has 0 aliphatic heterocycles. The molecule has 0 bridgehead atoms. The van der Waals surface area contributed by atoms with Crippen LogP contribution in [0.25, 0.3) is 0 Å². The van der Waals surface area contributed by atoms with E-state index in [9.17, 15) is 23.6 Å². The Bertz CT molecular complexity index is 811. The van der Waals surface area contributed by atoms with Crippen molar-refractivity contribution in [1.29, 1.82) is 0 Å². The monoisotopic (exact) mass is 330 g/mol. The molecule has 0 saturated heterocycles. The van der Waals surface area contributed by atoms with Crippen LogP contribution < -0.4 is 4.72 Å². The van der Waals surface area contributed by atoms with E-state index in [4.69, 9.17) is 11.6 Å². The van der Waals surface area contributed by atoms with Crippen molar-refractivity contribution in [3.63, 3.8) is 0 Å². The Morgan fingerprint density at radius 2 is 2.05 bits per heavy atom. The molecule has 0 unspecified atom stereocenters. The zero-order valence-corrected chi connectivity index (χ0v) is 11.7. The lowest BCUT2D eigenvalue weighted by Gasteiger charge is -2.07. The Morgan fingerprint density at radius 1 is 1.33 bits per heavy atom. The van der Waals surface area contributed by atoms with Gasteiger partial charge < -0.3 is 5.11 Å². The zero-order valence-electron chi connectivity index (χ0n) is 10.1. The molecule has 110 valence electrons. The van der Waals surface area contributed by atoms with E-state index in [0.717, 1.165) is 18.2 Å². The number of benzene rings is 1. The summed E-state index contributed by atoms with van der Waals surface area (Å²) in [6.45, 7) is 0. The number of nitrogens with zero attached hydrogens (tertiary/aromatic N) is 3. The highest BCUT2D eigenvalue weighted by atomic mass is 35.5. The van der Waals surface area contributed by atoms with Crippen LogP contribution in [0, 0.1) is 10.1 Å². The van der Waals surface area contributed by atoms with Gasteiger partial charge in [0.2, 0.25) is 5.28 Å². The molecule has 1 aromatic heterocycles. The normalized spacial score (nSPS) is 11.1. The molecule has 2 N–H and O–H groups in total. The average Bonchev–Trinajstić information content (AvgIpc) is 2.38. The molecule has 0 saturated carbocycles. The number of nitro groups is 1. The van der Waals surface area contributed by atoms with E-state index in [1.54, 1.807) is 0 Å². The van der Waals surface area contributed by atoms with Crippen LogP contribution in [0.5, 0.6) is 5.75 Å². The molecule has 1 heterocycles. The molecule has 0 aliphatic carbocycles. The van der Waals surface area contributed by atoms with Crippen LogP contribution in [0.4, 0.5) is 11.5 Å². The van der Waals surface area contributed by atoms with Crippen LogP contribution in [-0.4, -0.2) is 28.4 Å². The molecule has 0 atom stereocenters. The van der Waals surface area contributed by atoms with Gasteiger partial charge in [-0.05, 0) is 29.8 Å². The molecule has 1 aromatic carbocycles. The fourth-order valence-corrected chi connectivity index (χ4v) is 2.57. The summed E-state index contributed by atoms with van der Waals surface area (Å²) in [7, 11) is -4.12. The molecular formula is C10H7ClN4O5S. The average molecular weight is 331 g/mol. The number of anilines is 1. The van der Waals surface area contributed by atoms with Crippen molar-refractivity contribution in [2.75, 3.05) is 4.72 Å². The lowest BCUT2D eigenvalue weighted by atomic mass is 10.3. The first-order valence-corrected chi connectivity index (χ1v) is 7.14. The van der Waals surface area contributed by atoms with Crippen molar-refractivity contribution >= 4 is 33.1 Å². The molecular weight excluding hydrogens is 324 g/mol. The van der Waals surface area contributed by atoms with Crippen LogP contribution in [0.2, 0.25) is 5.28 Å². The number of phenolic OH excluding ortho intramolecular Hbond substituents is 1. The molecule has 2 rings (SSSR count). The number of aromatic nitrogens is 2. The quantitative estimate of drug-likeness (QED) is 0.493. The van der Waals surface area contributed by atoms with Gasteiger partial charge in [-0.3, -0.25) is 14.8 Å². The molecule has 21 heavy (non-hydrogen) atoms. The molecule has 0 spiro atoms. The van der Waals surface area contributed by atoms with Crippen molar-refractivity contribution in [1.82, 2.24) is 9.97 Å². The van der Waals surface area contributed by atoms with Crippen molar-refractivity contribution < 1.29 is 18.4 Å². The minimum absolute atomic E-state index is 0.0919. The van der Waals surface area contributed by atoms with E-state index in [1.165, 1.54) is 12.3 Å². The summed E-state index contributed by atoms with van der Waals surface area (Å²) in [5, 5.41) is 19.8. The van der Waals surface area contributed by atoms with Gasteiger partial charge in [0.15, 0.2) is 5.75 Å². The molecule has 0 aliphatic rings. The minimum atomic E-state index is -4.12. The predicted molar refractivity (Wildman–Crippen MR) is 72.6 cm³/mol. The number of hydrogen-bond donors (Lipinski definition) is 2. The van der Waals surface area contributed by atoms with Crippen molar-refractivity contribution in [2.45, 2.75) is 4.90 Å². The van der Waals surface area contributed by atoms with Gasteiger partial charge in [0.25, 0.3) is 10.0 Å². The predicted octanol–water partition coefficient (Wildman–Crippen LogP) is 1.54. The minimum Gasteiger partial charge on any atom is -0.502 e. The number of aromatic hydroxyl groups is 1. The summed E-state index contributed by atoms with van der Waals surface area (Å²) >= 11 is 5.53. The van der Waals surface area contributed by atoms with Gasteiger partial charge in [-0.1, -0.05) is 0 Å². The van der Waals surface area contributed by atoms with Crippen LogP contribution in [0.15, 0.2) is 35.4 Å². The standard InChI is InChI=1S/C10H7ClN4O5S/c11-10-12-4-3-9(13-10)14-21(19,20)6-1-2-8(16)7(5-6)15(17)18/h1-5,16H,(H,12,13,14). The van der Waals surface area contributed by atoms with E-state index in [1.807, 2.05) is 0 Å². The van der Waals surface area contributed by atoms with E-state index < -0.39 is 31.3 Å². The zero-order chi connectivity index (χ0) is 15.6. The first-order valence-electron chi connectivity index (χ1n) is 5.28. The Labute approximate surface area is 123 Å². The second-order valence-corrected chi connectivity index (χ2v) is 5.74. The Morgan fingerprint density at radius 3 is 2.67 bits per heavy atom. The lowest BCUT2D eigenvalue weighted by molar-refractivity contribution is -0.386.